The Bertz CT molecular complexity index is 1060. The molecule has 8 heteroatoms. The number of benzene rings is 1. The van der Waals surface area contributed by atoms with E-state index in [1.807, 2.05) is 13.0 Å². The Labute approximate surface area is 166 Å². The van der Waals surface area contributed by atoms with Crippen LogP contribution in [0.4, 0.5) is 0 Å². The Hall–Kier alpha value is -3.13. The van der Waals surface area contributed by atoms with E-state index < -0.39 is 11.4 Å². The molecule has 0 fully saturated rings. The van der Waals surface area contributed by atoms with Crippen molar-refractivity contribution in [3.8, 4) is 11.6 Å². The Kier molecular flexibility index (Phi) is 5.24. The first-order valence-electron chi connectivity index (χ1n) is 8.60. The van der Waals surface area contributed by atoms with E-state index in [1.54, 1.807) is 38.1 Å². The van der Waals surface area contributed by atoms with E-state index in [-0.39, 0.29) is 18.4 Å². The molecule has 0 saturated carbocycles. The van der Waals surface area contributed by atoms with Crippen molar-refractivity contribution in [3.63, 3.8) is 0 Å². The van der Waals surface area contributed by atoms with E-state index in [4.69, 9.17) is 10.5 Å². The Balaban J connectivity index is 1.89. The van der Waals surface area contributed by atoms with Crippen molar-refractivity contribution in [3.05, 3.63) is 52.5 Å². The topological polar surface area (TPSA) is 115 Å². The third kappa shape index (κ3) is 3.91. The highest BCUT2D eigenvalue weighted by atomic mass is 32.1. The molecule has 2 heterocycles. The molecular weight excluding hydrogens is 378 g/mol. The van der Waals surface area contributed by atoms with Gasteiger partial charge in [0.05, 0.1) is 11.1 Å². The molecule has 146 valence electrons. The average molecular weight is 399 g/mol. The van der Waals surface area contributed by atoms with Gasteiger partial charge in [-0.05, 0) is 51.1 Å². The fraction of sp³-hybridized carbons (Fsp3) is 0.250. The maximum Gasteiger partial charge on any atom is 0.253 e. The smallest absolute Gasteiger partial charge is 0.253 e. The largest absolute Gasteiger partial charge is 0.493 e. The van der Waals surface area contributed by atoms with Crippen molar-refractivity contribution in [1.29, 1.82) is 0 Å². The van der Waals surface area contributed by atoms with Crippen LogP contribution in [0, 0.1) is 6.92 Å². The van der Waals surface area contributed by atoms with Crippen LogP contribution in [0.5, 0.6) is 11.6 Å². The van der Waals surface area contributed by atoms with E-state index in [1.165, 1.54) is 17.5 Å². The molecule has 1 aromatic carbocycles. The molecule has 0 aliphatic heterocycles. The van der Waals surface area contributed by atoms with Crippen molar-refractivity contribution < 1.29 is 19.4 Å². The average Bonchev–Trinajstić information content (AvgIpc) is 2.95. The van der Waals surface area contributed by atoms with Crippen LogP contribution in [-0.4, -0.2) is 27.4 Å². The first kappa shape index (κ1) is 19.6. The van der Waals surface area contributed by atoms with E-state index in [0.29, 0.717) is 16.9 Å². The van der Waals surface area contributed by atoms with Crippen LogP contribution in [0.3, 0.4) is 0 Å². The predicted molar refractivity (Wildman–Crippen MR) is 108 cm³/mol. The van der Waals surface area contributed by atoms with Crippen molar-refractivity contribution >= 4 is 33.2 Å². The van der Waals surface area contributed by atoms with Gasteiger partial charge in [0, 0.05) is 21.2 Å². The van der Waals surface area contributed by atoms with Crippen molar-refractivity contribution in [2.45, 2.75) is 32.9 Å². The summed E-state index contributed by atoms with van der Waals surface area (Å²) >= 11 is 1.48. The van der Waals surface area contributed by atoms with Gasteiger partial charge in [-0.2, -0.15) is 0 Å². The lowest BCUT2D eigenvalue weighted by Crippen LogP contribution is -2.53. The summed E-state index contributed by atoms with van der Waals surface area (Å²) in [6.07, 6.45) is 1.50. The summed E-state index contributed by atoms with van der Waals surface area (Å²) in [7, 11) is 0. The molecule has 0 unspecified atom stereocenters. The van der Waals surface area contributed by atoms with Gasteiger partial charge in [0.15, 0.2) is 0 Å². The van der Waals surface area contributed by atoms with E-state index >= 15 is 0 Å². The molecule has 2 amide bonds. The van der Waals surface area contributed by atoms with Crippen LogP contribution in [0.25, 0.3) is 10.1 Å². The van der Waals surface area contributed by atoms with Gasteiger partial charge >= 0.3 is 0 Å². The van der Waals surface area contributed by atoms with Crippen LogP contribution < -0.4 is 15.8 Å². The van der Waals surface area contributed by atoms with Crippen LogP contribution in [0.15, 0.2) is 36.5 Å². The molecule has 0 bridgehead atoms. The monoisotopic (exact) mass is 399 g/mol. The number of ether oxygens (including phenoxy) is 1. The number of hydrogen-bond acceptors (Lipinski definition) is 6. The van der Waals surface area contributed by atoms with Gasteiger partial charge in [-0.25, -0.2) is 4.98 Å². The lowest BCUT2D eigenvalue weighted by molar-refractivity contribution is -0.122. The molecule has 2 aromatic heterocycles. The molecule has 3 rings (SSSR count). The third-order valence-electron chi connectivity index (χ3n) is 4.37. The van der Waals surface area contributed by atoms with Gasteiger partial charge in [0.2, 0.25) is 11.8 Å². The summed E-state index contributed by atoms with van der Waals surface area (Å²) in [6.45, 7) is 5.12. The highest BCUT2D eigenvalue weighted by molar-refractivity contribution is 7.19. The van der Waals surface area contributed by atoms with Crippen molar-refractivity contribution in [1.82, 2.24) is 10.3 Å². The second-order valence-electron chi connectivity index (χ2n) is 6.91. The van der Waals surface area contributed by atoms with Gasteiger partial charge < -0.3 is 20.9 Å². The number of hydrogen-bond donors (Lipinski definition) is 3. The molecule has 0 aliphatic rings. The number of rotatable bonds is 6. The molecule has 3 aromatic rings. The second-order valence-corrected chi connectivity index (χ2v) is 8.17. The molecule has 0 atom stereocenters. The first-order valence-corrected chi connectivity index (χ1v) is 9.42. The van der Waals surface area contributed by atoms with E-state index in [9.17, 15) is 14.7 Å². The minimum Gasteiger partial charge on any atom is -0.493 e. The number of aromatic hydroxyl groups is 1. The number of primary amides is 1. The molecule has 0 aliphatic carbocycles. The zero-order valence-electron chi connectivity index (χ0n) is 15.8. The number of aryl methyl sites for hydroxylation is 1. The fourth-order valence-electron chi connectivity index (χ4n) is 2.68. The SMILES string of the molecule is Cc1sc2ccc(OCc3cccnc3O)cc2c1C(=O)NC(C)(C)C(N)=O. The highest BCUT2D eigenvalue weighted by Gasteiger charge is 2.29. The number of carbonyl (C=O) groups is 2. The summed E-state index contributed by atoms with van der Waals surface area (Å²) in [5, 5.41) is 13.2. The highest BCUT2D eigenvalue weighted by Crippen LogP contribution is 2.34. The number of carbonyl (C=O) groups excluding carboxylic acids is 2. The summed E-state index contributed by atoms with van der Waals surface area (Å²) in [6, 6.07) is 8.90. The summed E-state index contributed by atoms with van der Waals surface area (Å²) in [5.74, 6) is -0.506. The number of amides is 2. The van der Waals surface area contributed by atoms with Gasteiger partial charge in [-0.15, -0.1) is 11.3 Å². The fourth-order valence-corrected chi connectivity index (χ4v) is 3.72. The Morgan fingerprint density at radius 1 is 1.32 bits per heavy atom. The predicted octanol–water partition coefficient (Wildman–Crippen LogP) is 2.88. The quantitative estimate of drug-likeness (QED) is 0.590. The number of pyridine rings is 1. The van der Waals surface area contributed by atoms with Crippen molar-refractivity contribution in [2.24, 2.45) is 5.73 Å². The van der Waals surface area contributed by atoms with Gasteiger partial charge in [0.1, 0.15) is 17.9 Å². The molecule has 28 heavy (non-hydrogen) atoms. The number of fused-ring (bicyclic) bond motifs is 1. The number of nitrogens with one attached hydrogen (secondary N) is 1. The first-order chi connectivity index (χ1) is 13.2. The minimum atomic E-state index is -1.16. The number of thiophene rings is 1. The van der Waals surface area contributed by atoms with Crippen LogP contribution in [0.1, 0.15) is 34.6 Å². The Morgan fingerprint density at radius 2 is 2.07 bits per heavy atom. The molecule has 0 saturated heterocycles. The van der Waals surface area contributed by atoms with Gasteiger partial charge in [-0.3, -0.25) is 9.59 Å². The van der Waals surface area contributed by atoms with Crippen molar-refractivity contribution in [2.75, 3.05) is 0 Å². The maximum absolute atomic E-state index is 12.8. The van der Waals surface area contributed by atoms with Crippen LogP contribution >= 0.6 is 11.3 Å². The van der Waals surface area contributed by atoms with Gasteiger partial charge in [0.25, 0.3) is 5.91 Å². The maximum atomic E-state index is 12.8. The minimum absolute atomic E-state index is 0.0799. The lowest BCUT2D eigenvalue weighted by atomic mass is 10.0. The molecular formula is C20H21N3O4S. The zero-order chi connectivity index (χ0) is 20.5. The zero-order valence-corrected chi connectivity index (χ0v) is 16.6. The lowest BCUT2D eigenvalue weighted by Gasteiger charge is -2.22. The molecule has 4 N–H and O–H groups in total. The number of nitrogens with two attached hydrogens (primary N) is 1. The van der Waals surface area contributed by atoms with E-state index in [0.717, 1.165) is 15.0 Å². The molecule has 7 nitrogen and oxygen atoms in total. The van der Waals surface area contributed by atoms with E-state index in [2.05, 4.69) is 10.3 Å². The second kappa shape index (κ2) is 7.47. The summed E-state index contributed by atoms with van der Waals surface area (Å²) in [4.78, 5) is 29.0. The standard InChI is InChI=1S/C20H21N3O4S/c1-11-16(18(25)23-20(2,3)19(21)26)14-9-13(6-7-15(14)28-11)27-10-12-5-4-8-22-17(12)24/h4-9H,10H2,1-3H3,(H2,21,26)(H,22,24)(H,23,25). The molecule has 0 spiro atoms. The number of nitrogens with zero attached hydrogens (tertiary/aromatic N) is 1. The summed E-state index contributed by atoms with van der Waals surface area (Å²) in [5.41, 5.74) is 5.24. The normalized spacial score (nSPS) is 11.4. The van der Waals surface area contributed by atoms with Crippen LogP contribution in [0.2, 0.25) is 0 Å². The Morgan fingerprint density at radius 3 is 2.75 bits per heavy atom. The molecule has 0 radical (unpaired) electrons. The van der Waals surface area contributed by atoms with Crippen LogP contribution in [-0.2, 0) is 11.4 Å². The third-order valence-corrected chi connectivity index (χ3v) is 5.45. The number of aromatic nitrogens is 1. The summed E-state index contributed by atoms with van der Waals surface area (Å²) < 4.78 is 6.69. The van der Waals surface area contributed by atoms with Gasteiger partial charge in [-0.1, -0.05) is 0 Å².